The fourth-order valence-corrected chi connectivity index (χ4v) is 4.92. The zero-order chi connectivity index (χ0) is 21.4. The van der Waals surface area contributed by atoms with Crippen LogP contribution >= 0.6 is 0 Å². The van der Waals surface area contributed by atoms with E-state index in [-0.39, 0.29) is 12.6 Å². The molecule has 8 nitrogen and oxygen atoms in total. The first kappa shape index (κ1) is 23.4. The number of carbonyl (C=O) groups is 2. The second kappa shape index (κ2) is 11.4. The van der Waals surface area contributed by atoms with Crippen molar-refractivity contribution in [2.75, 3.05) is 52.5 Å². The maximum atomic E-state index is 12.2. The van der Waals surface area contributed by atoms with Gasteiger partial charge in [0.05, 0.1) is 6.61 Å². The maximum absolute atomic E-state index is 12.2. The molecule has 0 aromatic heterocycles. The molecule has 0 atom stereocenters. The summed E-state index contributed by atoms with van der Waals surface area (Å²) in [7, 11) is 0. The van der Waals surface area contributed by atoms with Gasteiger partial charge in [-0.05, 0) is 57.5 Å². The lowest BCUT2D eigenvalue weighted by molar-refractivity contribution is -0.244. The molecule has 0 bridgehead atoms. The molecule has 1 amide bonds. The topological polar surface area (TPSA) is 74.4 Å². The molecular formula is C22H40N4O4. The molecule has 0 aromatic carbocycles. The van der Waals surface area contributed by atoms with Crippen molar-refractivity contribution < 1.29 is 19.1 Å². The number of carbonyl (C=O) groups excluding carboxylic acids is 2. The summed E-state index contributed by atoms with van der Waals surface area (Å²) in [5.41, 5.74) is -0.728. The monoisotopic (exact) mass is 424 g/mol. The van der Waals surface area contributed by atoms with E-state index in [2.05, 4.69) is 15.2 Å². The molecule has 172 valence electrons. The summed E-state index contributed by atoms with van der Waals surface area (Å²) < 4.78 is 11.5. The molecule has 2 saturated heterocycles. The zero-order valence-electron chi connectivity index (χ0n) is 18.8. The highest BCUT2D eigenvalue weighted by molar-refractivity contribution is 5.70. The molecule has 2 aliphatic heterocycles. The summed E-state index contributed by atoms with van der Waals surface area (Å²) in [4.78, 5) is 26.9. The van der Waals surface area contributed by atoms with Gasteiger partial charge in [-0.15, -0.1) is 0 Å². The van der Waals surface area contributed by atoms with Crippen LogP contribution in [0.25, 0.3) is 0 Å². The van der Waals surface area contributed by atoms with Crippen molar-refractivity contribution >= 4 is 12.4 Å². The number of nitrogens with one attached hydrogen (secondary N) is 1. The highest BCUT2D eigenvalue weighted by atomic mass is 16.6. The number of piperazine rings is 1. The number of hydrogen-bond acceptors (Lipinski definition) is 7. The third kappa shape index (κ3) is 6.15. The van der Waals surface area contributed by atoms with Crippen molar-refractivity contribution in [1.29, 1.82) is 0 Å². The second-order valence-electron chi connectivity index (χ2n) is 9.29. The molecule has 3 fully saturated rings. The number of hydrogen-bond donors (Lipinski definition) is 1. The van der Waals surface area contributed by atoms with Crippen molar-refractivity contribution in [3.05, 3.63) is 0 Å². The Morgan fingerprint density at radius 3 is 2.40 bits per heavy atom. The van der Waals surface area contributed by atoms with Gasteiger partial charge in [0.15, 0.2) is 5.72 Å². The average Bonchev–Trinajstić information content (AvgIpc) is 2.78. The highest BCUT2D eigenvalue weighted by Gasteiger charge is 2.43. The molecule has 0 radical (unpaired) electrons. The van der Waals surface area contributed by atoms with Crippen molar-refractivity contribution in [1.82, 2.24) is 20.2 Å². The molecule has 1 aliphatic carbocycles. The third-order valence-corrected chi connectivity index (χ3v) is 6.61. The van der Waals surface area contributed by atoms with Crippen LogP contribution in [0.2, 0.25) is 0 Å². The van der Waals surface area contributed by atoms with Gasteiger partial charge in [-0.25, -0.2) is 14.8 Å². The lowest BCUT2D eigenvalue weighted by Gasteiger charge is -2.51. The van der Waals surface area contributed by atoms with Crippen molar-refractivity contribution in [2.24, 2.45) is 5.92 Å². The fourth-order valence-electron chi connectivity index (χ4n) is 4.92. The summed E-state index contributed by atoms with van der Waals surface area (Å²) >= 11 is 0. The largest absolute Gasteiger partial charge is 0.464 e. The van der Waals surface area contributed by atoms with Crippen molar-refractivity contribution in [3.8, 4) is 0 Å². The van der Waals surface area contributed by atoms with Crippen LogP contribution in [0.3, 0.4) is 0 Å². The molecule has 0 aromatic rings. The van der Waals surface area contributed by atoms with E-state index >= 15 is 0 Å². The average molecular weight is 425 g/mol. The first-order valence-electron chi connectivity index (χ1n) is 11.8. The highest BCUT2D eigenvalue weighted by Crippen LogP contribution is 2.35. The first-order valence-corrected chi connectivity index (χ1v) is 11.8. The molecule has 2 heterocycles. The zero-order valence-corrected chi connectivity index (χ0v) is 18.8. The number of piperidine rings is 1. The smallest absolute Gasteiger partial charge is 0.332 e. The summed E-state index contributed by atoms with van der Waals surface area (Å²) in [5, 5.41) is 7.33. The summed E-state index contributed by atoms with van der Waals surface area (Å²) in [6.45, 7) is 10.0. The van der Waals surface area contributed by atoms with Crippen LogP contribution in [-0.2, 0) is 19.1 Å². The van der Waals surface area contributed by atoms with Gasteiger partial charge in [-0.1, -0.05) is 20.3 Å². The van der Waals surface area contributed by atoms with E-state index in [0.717, 1.165) is 77.8 Å². The summed E-state index contributed by atoms with van der Waals surface area (Å²) in [5.74, 6) is -0.0597. The molecule has 30 heavy (non-hydrogen) atoms. The Morgan fingerprint density at radius 1 is 1.13 bits per heavy atom. The Hall–Kier alpha value is -1.22. The van der Waals surface area contributed by atoms with Gasteiger partial charge in [0, 0.05) is 32.2 Å². The normalized spacial score (nSPS) is 24.0. The van der Waals surface area contributed by atoms with Crippen LogP contribution < -0.4 is 5.32 Å². The van der Waals surface area contributed by atoms with Gasteiger partial charge >= 0.3 is 5.97 Å². The minimum atomic E-state index is -0.728. The van der Waals surface area contributed by atoms with E-state index in [1.165, 1.54) is 12.8 Å². The standard InChI is InChI=1S/C22H40N4O4/c1-19(2)16-29-21(28)17-30-22(8-4-3-5-9-22)26(18-27)25-14-12-24(13-15-25)20-6-10-23-11-7-20/h18-20,23H,3-17H2,1-2H3. The molecule has 1 N–H and O–H groups in total. The molecule has 3 aliphatic rings. The Morgan fingerprint density at radius 2 is 1.80 bits per heavy atom. The van der Waals surface area contributed by atoms with Gasteiger partial charge in [0.25, 0.3) is 0 Å². The second-order valence-corrected chi connectivity index (χ2v) is 9.29. The Bertz CT molecular complexity index is 539. The Balaban J connectivity index is 1.59. The van der Waals surface area contributed by atoms with Gasteiger partial charge in [0.1, 0.15) is 6.61 Å². The number of ether oxygens (including phenoxy) is 2. The number of amides is 1. The van der Waals surface area contributed by atoms with E-state index in [4.69, 9.17) is 9.47 Å². The van der Waals surface area contributed by atoms with E-state index < -0.39 is 5.72 Å². The van der Waals surface area contributed by atoms with Gasteiger partial charge in [0.2, 0.25) is 6.41 Å². The minimum Gasteiger partial charge on any atom is -0.464 e. The quantitative estimate of drug-likeness (QED) is 0.342. The predicted octanol–water partition coefficient (Wildman–Crippen LogP) is 1.61. The van der Waals surface area contributed by atoms with Gasteiger partial charge in [-0.3, -0.25) is 9.69 Å². The van der Waals surface area contributed by atoms with Crippen molar-refractivity contribution in [2.45, 2.75) is 70.6 Å². The van der Waals surface area contributed by atoms with Crippen LogP contribution in [0.5, 0.6) is 0 Å². The van der Waals surface area contributed by atoms with Crippen LogP contribution in [0, 0.1) is 5.92 Å². The third-order valence-electron chi connectivity index (χ3n) is 6.61. The number of esters is 1. The van der Waals surface area contributed by atoms with Crippen LogP contribution in [-0.4, -0.2) is 91.5 Å². The number of hydrazine groups is 1. The maximum Gasteiger partial charge on any atom is 0.332 e. The van der Waals surface area contributed by atoms with Crippen LogP contribution in [0.1, 0.15) is 58.8 Å². The van der Waals surface area contributed by atoms with E-state index in [1.807, 2.05) is 13.8 Å². The molecule has 0 unspecified atom stereocenters. The van der Waals surface area contributed by atoms with Gasteiger partial charge in [-0.2, -0.15) is 0 Å². The Labute approximate surface area is 181 Å². The summed E-state index contributed by atoms with van der Waals surface area (Å²) in [6, 6.07) is 0.647. The van der Waals surface area contributed by atoms with Crippen LogP contribution in [0.4, 0.5) is 0 Å². The number of nitrogens with zero attached hydrogens (tertiary/aromatic N) is 3. The lowest BCUT2D eigenvalue weighted by Crippen LogP contribution is -2.64. The van der Waals surface area contributed by atoms with Crippen molar-refractivity contribution in [3.63, 3.8) is 0 Å². The molecule has 1 saturated carbocycles. The van der Waals surface area contributed by atoms with Gasteiger partial charge < -0.3 is 14.8 Å². The Kier molecular flexibility index (Phi) is 8.92. The predicted molar refractivity (Wildman–Crippen MR) is 115 cm³/mol. The molecule has 8 heteroatoms. The SMILES string of the molecule is CC(C)COC(=O)COC1(N(C=O)N2CCN(C3CCNCC3)CC2)CCCCC1. The van der Waals surface area contributed by atoms with E-state index in [1.54, 1.807) is 5.01 Å². The van der Waals surface area contributed by atoms with Crippen LogP contribution in [0.15, 0.2) is 0 Å². The molecule has 0 spiro atoms. The molecule has 3 rings (SSSR count). The first-order chi connectivity index (χ1) is 14.5. The number of rotatable bonds is 9. The van der Waals surface area contributed by atoms with E-state index in [9.17, 15) is 9.59 Å². The lowest BCUT2D eigenvalue weighted by atomic mass is 9.91. The molecular weight excluding hydrogens is 384 g/mol. The summed E-state index contributed by atoms with van der Waals surface area (Å²) in [6.07, 6.45) is 7.96. The fraction of sp³-hybridized carbons (Fsp3) is 0.909. The van der Waals surface area contributed by atoms with E-state index in [0.29, 0.717) is 18.6 Å². The minimum absolute atomic E-state index is 0.105.